The van der Waals surface area contributed by atoms with Crippen LogP contribution in [0.4, 0.5) is 21.5 Å². The molecule has 63 heavy (non-hydrogen) atoms. The number of benzene rings is 8. The number of imidazole rings is 1. The monoisotopic (exact) mass is 829 g/mol. The van der Waals surface area contributed by atoms with E-state index in [-0.39, 0.29) is 0 Å². The Kier molecular flexibility index (Phi) is 8.59. The van der Waals surface area contributed by atoms with Crippen LogP contribution in [-0.2, 0) is 7.05 Å². The number of aryl methyl sites for hydroxylation is 1. The third-order valence-electron chi connectivity index (χ3n) is 12.9. The van der Waals surface area contributed by atoms with Gasteiger partial charge in [0.2, 0.25) is 0 Å². The van der Waals surface area contributed by atoms with Gasteiger partial charge in [0.25, 0.3) is 0 Å². The Morgan fingerprint density at radius 1 is 0.540 bits per heavy atom. The second-order valence-corrected chi connectivity index (χ2v) is 20.0. The van der Waals surface area contributed by atoms with E-state index >= 15 is 4.39 Å². The lowest BCUT2D eigenvalue weighted by molar-refractivity contribution is 0.402. The minimum Gasteiger partial charge on any atom is -0.327 e. The summed E-state index contributed by atoms with van der Waals surface area (Å²) in [5.41, 5.74) is 10.0. The van der Waals surface area contributed by atoms with E-state index in [1.54, 1.807) is 0 Å². The van der Waals surface area contributed by atoms with E-state index in [0.717, 1.165) is 67.1 Å². The van der Waals surface area contributed by atoms with E-state index in [4.69, 9.17) is 9.97 Å². The maximum absolute atomic E-state index is 17.1. The highest BCUT2D eigenvalue weighted by Gasteiger charge is 2.49. The van der Waals surface area contributed by atoms with Crippen LogP contribution >= 0.6 is 0 Å². The van der Waals surface area contributed by atoms with Crippen LogP contribution in [0.25, 0.3) is 50.0 Å². The van der Waals surface area contributed by atoms with Gasteiger partial charge in [-0.2, -0.15) is 0 Å². The number of para-hydroxylation sites is 4. The van der Waals surface area contributed by atoms with E-state index in [1.807, 2.05) is 80.0 Å². The first kappa shape index (κ1) is 36.9. The van der Waals surface area contributed by atoms with Gasteiger partial charge in [-0.1, -0.05) is 146 Å². The largest absolute Gasteiger partial charge is 0.327 e. The summed E-state index contributed by atoms with van der Waals surface area (Å²) in [7, 11) is -0.949. The number of nitrogens with zero attached hydrogens (tertiary/aromatic N) is 5. The average molecular weight is 830 g/mol. The number of pyridine rings is 1. The zero-order chi connectivity index (χ0) is 42.1. The third-order valence-corrected chi connectivity index (χ3v) is 17.8. The van der Waals surface area contributed by atoms with Crippen molar-refractivity contribution < 1.29 is 4.39 Å². The fraction of sp³-hybridized carbons (Fsp3) is 0.0357. The van der Waals surface area contributed by atoms with Crippen LogP contribution in [0, 0.1) is 0 Å². The zero-order valence-electron chi connectivity index (χ0n) is 34.5. The summed E-state index contributed by atoms with van der Waals surface area (Å²) in [4.78, 5) is 12.5. The molecule has 1 unspecified atom stereocenters. The second-order valence-electron chi connectivity index (χ2n) is 16.3. The van der Waals surface area contributed by atoms with Crippen LogP contribution in [0.15, 0.2) is 219 Å². The molecular weight excluding hydrogens is 790 g/mol. The second kappa shape index (κ2) is 14.6. The maximum Gasteiger partial charge on any atom is 0.184 e. The summed E-state index contributed by atoms with van der Waals surface area (Å²) in [5.74, 6) is 0.803. The lowest BCUT2D eigenvalue weighted by Crippen LogP contribution is -2.77. The van der Waals surface area contributed by atoms with Gasteiger partial charge in [-0.3, -0.25) is 4.57 Å². The highest BCUT2D eigenvalue weighted by molar-refractivity contribution is 7.21. The van der Waals surface area contributed by atoms with Crippen LogP contribution in [-0.4, -0.2) is 27.2 Å². The maximum atomic E-state index is 17.1. The minimum atomic E-state index is -2.96. The van der Waals surface area contributed by atoms with Gasteiger partial charge >= 0.3 is 0 Å². The van der Waals surface area contributed by atoms with Crippen molar-refractivity contribution in [1.29, 1.82) is 0 Å². The van der Waals surface area contributed by atoms with Gasteiger partial charge in [0, 0.05) is 46.6 Å². The molecule has 0 bridgehead atoms. The van der Waals surface area contributed by atoms with Crippen molar-refractivity contribution in [1.82, 2.24) is 19.1 Å². The Balaban J connectivity index is 1.09. The first-order valence-electron chi connectivity index (χ1n) is 21.4. The Morgan fingerprint density at radius 3 is 1.95 bits per heavy atom. The lowest BCUT2D eigenvalue weighted by Gasteiger charge is -2.45. The molecule has 3 aromatic heterocycles. The first-order chi connectivity index (χ1) is 31.1. The van der Waals surface area contributed by atoms with Crippen molar-refractivity contribution in [2.45, 2.75) is 6.17 Å². The van der Waals surface area contributed by atoms with Crippen LogP contribution in [0.5, 0.6) is 0 Å². The highest BCUT2D eigenvalue weighted by Crippen LogP contribution is 2.46. The van der Waals surface area contributed by atoms with Crippen LogP contribution in [0.2, 0.25) is 0 Å². The van der Waals surface area contributed by atoms with Crippen molar-refractivity contribution in [2.24, 2.45) is 7.05 Å². The Labute approximate surface area is 365 Å². The summed E-state index contributed by atoms with van der Waals surface area (Å²) in [6, 6.07) is 74.4. The van der Waals surface area contributed by atoms with Crippen molar-refractivity contribution in [3.8, 4) is 17.1 Å². The van der Waals surface area contributed by atoms with Gasteiger partial charge in [0.05, 0.1) is 22.2 Å². The smallest absolute Gasteiger partial charge is 0.184 e. The highest BCUT2D eigenvalue weighted by atomic mass is 28.3. The molecule has 0 saturated heterocycles. The molecule has 8 aromatic carbocycles. The molecule has 7 heteroatoms. The van der Waals surface area contributed by atoms with E-state index in [1.165, 1.54) is 20.7 Å². The van der Waals surface area contributed by atoms with E-state index < -0.39 is 14.2 Å². The molecular formula is C56H40FN5Si. The Bertz CT molecular complexity index is 3470. The van der Waals surface area contributed by atoms with Crippen LogP contribution in [0.3, 0.4) is 0 Å². The molecule has 12 rings (SSSR count). The van der Waals surface area contributed by atoms with Gasteiger partial charge in [-0.05, 0) is 98.6 Å². The number of hydrogen-bond donors (Lipinski definition) is 0. The zero-order valence-corrected chi connectivity index (χ0v) is 35.5. The molecule has 0 amide bonds. The predicted octanol–water partition coefficient (Wildman–Crippen LogP) is 11.0. The molecule has 1 aliphatic rings. The number of halogens is 1. The molecule has 0 aliphatic carbocycles. The molecule has 0 radical (unpaired) electrons. The molecule has 1 aliphatic heterocycles. The molecule has 0 fully saturated rings. The van der Waals surface area contributed by atoms with Gasteiger partial charge in [0.1, 0.15) is 11.5 Å². The summed E-state index contributed by atoms with van der Waals surface area (Å²) in [5, 5.41) is 7.42. The number of anilines is 3. The van der Waals surface area contributed by atoms with Crippen molar-refractivity contribution in [3.05, 3.63) is 230 Å². The number of fused-ring (bicyclic) bond motifs is 7. The summed E-state index contributed by atoms with van der Waals surface area (Å²) >= 11 is 0. The van der Waals surface area contributed by atoms with Crippen molar-refractivity contribution >= 4 is 78.9 Å². The molecule has 5 nitrogen and oxygen atoms in total. The number of rotatable bonds is 7. The van der Waals surface area contributed by atoms with Crippen molar-refractivity contribution in [3.63, 3.8) is 0 Å². The molecule has 0 N–H and O–H groups in total. The predicted molar refractivity (Wildman–Crippen MR) is 260 cm³/mol. The fourth-order valence-electron chi connectivity index (χ4n) is 10.2. The SMILES string of the molecule is Cn1c(-c2cccc(C(F)c3cccc(-n4c5ccc6c(c5c5cccnc54)N(c4ccccc4)c4ccccc4[Si]6(c4ccccc4)c4ccccc4)c3)c2)nc2ccccc21. The molecule has 300 valence electrons. The molecule has 1 atom stereocenters. The van der Waals surface area contributed by atoms with Gasteiger partial charge in [-0.15, -0.1) is 0 Å². The third kappa shape index (κ3) is 5.60. The summed E-state index contributed by atoms with van der Waals surface area (Å²) < 4.78 is 21.4. The molecule has 0 saturated carbocycles. The quantitative estimate of drug-likeness (QED) is 0.150. The summed E-state index contributed by atoms with van der Waals surface area (Å²) in [6.07, 6.45) is 0.484. The average Bonchev–Trinajstić information content (AvgIpc) is 3.88. The Morgan fingerprint density at radius 2 is 1.19 bits per heavy atom. The van der Waals surface area contributed by atoms with Gasteiger partial charge in [-0.25, -0.2) is 14.4 Å². The van der Waals surface area contributed by atoms with Gasteiger partial charge < -0.3 is 9.47 Å². The lowest BCUT2D eigenvalue weighted by atomic mass is 10.00. The van der Waals surface area contributed by atoms with E-state index in [2.05, 4.69) is 160 Å². The van der Waals surface area contributed by atoms with Crippen molar-refractivity contribution in [2.75, 3.05) is 4.90 Å². The number of alkyl halides is 1. The van der Waals surface area contributed by atoms with E-state index in [0.29, 0.717) is 11.1 Å². The van der Waals surface area contributed by atoms with Gasteiger partial charge in [0.15, 0.2) is 14.2 Å². The number of aromatic nitrogens is 4. The molecule has 0 spiro atoms. The number of hydrogen-bond acceptors (Lipinski definition) is 3. The summed E-state index contributed by atoms with van der Waals surface area (Å²) in [6.45, 7) is 0. The topological polar surface area (TPSA) is 38.9 Å². The molecule has 11 aromatic rings. The fourth-order valence-corrected chi connectivity index (χ4v) is 15.3. The normalized spacial score (nSPS) is 13.6. The van der Waals surface area contributed by atoms with E-state index in [9.17, 15) is 0 Å². The Hall–Kier alpha value is -7.87. The van der Waals surface area contributed by atoms with Crippen LogP contribution in [0.1, 0.15) is 17.3 Å². The van der Waals surface area contributed by atoms with Crippen LogP contribution < -0.4 is 25.6 Å². The first-order valence-corrected chi connectivity index (χ1v) is 23.4. The molecule has 4 heterocycles. The standard InChI is InChI=1S/C56H40FN5Si/c1-60-47-30-12-11-29-46(47)59-55(60)40-20-15-18-38(36-40)53(57)39-19-16-23-42(37-39)62-49-33-34-51-54(52(49)45-28-17-35-58-56(45)62)61(41-21-5-2-6-22-41)48-31-13-14-32-50(48)63(51,43-24-7-3-8-25-43)44-26-9-4-10-27-44/h2-37,53H,1H3. The minimum absolute atomic E-state index is 0.568.